The SMILES string of the molecule is COc1ccc(-c2cc(OCc3c(C)cccc3N(C)N)ccc2C)c(OC)n1. The average molecular weight is 393 g/mol. The van der Waals surface area contributed by atoms with Gasteiger partial charge in [-0.05, 0) is 54.8 Å². The lowest BCUT2D eigenvalue weighted by atomic mass is 10.0. The number of pyridine rings is 1. The monoisotopic (exact) mass is 393 g/mol. The normalized spacial score (nSPS) is 10.6. The number of benzene rings is 2. The van der Waals surface area contributed by atoms with Crippen molar-refractivity contribution in [2.45, 2.75) is 20.5 Å². The summed E-state index contributed by atoms with van der Waals surface area (Å²) in [6, 6.07) is 15.8. The first-order valence-electron chi connectivity index (χ1n) is 9.34. The minimum atomic E-state index is 0.421. The van der Waals surface area contributed by atoms with Crippen LogP contribution in [0.1, 0.15) is 16.7 Å². The summed E-state index contributed by atoms with van der Waals surface area (Å²) in [7, 11) is 5.01. The fraction of sp³-hybridized carbons (Fsp3) is 0.261. The minimum absolute atomic E-state index is 0.421. The van der Waals surface area contributed by atoms with E-state index in [-0.39, 0.29) is 0 Å². The molecule has 0 saturated carbocycles. The summed E-state index contributed by atoms with van der Waals surface area (Å²) in [4.78, 5) is 4.39. The van der Waals surface area contributed by atoms with Crippen LogP contribution in [0.25, 0.3) is 11.1 Å². The Hall–Kier alpha value is -3.25. The molecular formula is C23H27N3O3. The van der Waals surface area contributed by atoms with Crippen LogP contribution in [0.15, 0.2) is 48.5 Å². The Morgan fingerprint density at radius 3 is 2.41 bits per heavy atom. The third-order valence-electron chi connectivity index (χ3n) is 4.89. The Morgan fingerprint density at radius 1 is 0.931 bits per heavy atom. The summed E-state index contributed by atoms with van der Waals surface area (Å²) in [6.07, 6.45) is 0. The summed E-state index contributed by atoms with van der Waals surface area (Å²) in [5.41, 5.74) is 6.11. The van der Waals surface area contributed by atoms with Gasteiger partial charge in [-0.3, -0.25) is 0 Å². The van der Waals surface area contributed by atoms with Crippen LogP contribution in [0.3, 0.4) is 0 Å². The molecule has 0 amide bonds. The predicted molar refractivity (Wildman–Crippen MR) is 116 cm³/mol. The van der Waals surface area contributed by atoms with E-state index in [9.17, 15) is 0 Å². The third-order valence-corrected chi connectivity index (χ3v) is 4.89. The van der Waals surface area contributed by atoms with Crippen molar-refractivity contribution < 1.29 is 14.2 Å². The first kappa shape index (κ1) is 20.5. The molecule has 0 unspecified atom stereocenters. The van der Waals surface area contributed by atoms with Gasteiger partial charge in [0.15, 0.2) is 0 Å². The van der Waals surface area contributed by atoms with Gasteiger partial charge < -0.3 is 19.2 Å². The number of anilines is 1. The minimum Gasteiger partial charge on any atom is -0.489 e. The zero-order valence-corrected chi connectivity index (χ0v) is 17.5. The van der Waals surface area contributed by atoms with Crippen LogP contribution in [0, 0.1) is 13.8 Å². The van der Waals surface area contributed by atoms with Crippen LogP contribution in [-0.2, 0) is 6.61 Å². The number of aromatic nitrogens is 1. The molecule has 3 rings (SSSR count). The summed E-state index contributed by atoms with van der Waals surface area (Å²) in [5.74, 6) is 7.75. The Bertz CT molecular complexity index is 1000. The Labute approximate surface area is 171 Å². The molecule has 0 spiro atoms. The summed E-state index contributed by atoms with van der Waals surface area (Å²) in [6.45, 7) is 4.52. The van der Waals surface area contributed by atoms with E-state index in [0.29, 0.717) is 18.4 Å². The molecule has 1 heterocycles. The zero-order chi connectivity index (χ0) is 21.0. The van der Waals surface area contributed by atoms with Gasteiger partial charge in [-0.25, -0.2) is 5.84 Å². The first-order chi connectivity index (χ1) is 13.9. The largest absolute Gasteiger partial charge is 0.489 e. The van der Waals surface area contributed by atoms with Crippen molar-refractivity contribution in [3.63, 3.8) is 0 Å². The first-order valence-corrected chi connectivity index (χ1v) is 9.34. The molecule has 0 fully saturated rings. The van der Waals surface area contributed by atoms with E-state index in [2.05, 4.69) is 18.0 Å². The number of hydrazine groups is 1. The number of aryl methyl sites for hydroxylation is 2. The molecule has 0 radical (unpaired) electrons. The van der Waals surface area contributed by atoms with Gasteiger partial charge in [-0.15, -0.1) is 0 Å². The lowest BCUT2D eigenvalue weighted by molar-refractivity contribution is 0.305. The van der Waals surface area contributed by atoms with Gasteiger partial charge in [0.05, 0.1) is 19.9 Å². The molecule has 0 aliphatic heterocycles. The molecule has 0 saturated heterocycles. The van der Waals surface area contributed by atoms with E-state index in [4.69, 9.17) is 20.1 Å². The van der Waals surface area contributed by atoms with Gasteiger partial charge in [-0.1, -0.05) is 18.2 Å². The highest BCUT2D eigenvalue weighted by molar-refractivity contribution is 5.73. The lowest BCUT2D eigenvalue weighted by Crippen LogP contribution is -2.26. The van der Waals surface area contributed by atoms with Crippen molar-refractivity contribution in [1.29, 1.82) is 0 Å². The number of ether oxygens (including phenoxy) is 3. The highest BCUT2D eigenvalue weighted by atomic mass is 16.5. The molecule has 152 valence electrons. The summed E-state index contributed by atoms with van der Waals surface area (Å²) in [5, 5.41) is 1.61. The molecule has 0 aliphatic rings. The van der Waals surface area contributed by atoms with Crippen molar-refractivity contribution >= 4 is 5.69 Å². The molecule has 1 aromatic heterocycles. The average Bonchev–Trinajstić information content (AvgIpc) is 2.73. The lowest BCUT2D eigenvalue weighted by Gasteiger charge is -2.19. The second-order valence-electron chi connectivity index (χ2n) is 6.86. The fourth-order valence-electron chi connectivity index (χ4n) is 3.24. The van der Waals surface area contributed by atoms with E-state index in [1.165, 1.54) is 0 Å². The van der Waals surface area contributed by atoms with E-state index in [1.54, 1.807) is 19.2 Å². The van der Waals surface area contributed by atoms with E-state index >= 15 is 0 Å². The number of nitrogens with zero attached hydrogens (tertiary/aromatic N) is 2. The van der Waals surface area contributed by atoms with Crippen LogP contribution in [0.4, 0.5) is 5.69 Å². The Balaban J connectivity index is 1.92. The molecule has 3 aromatic rings. The fourth-order valence-corrected chi connectivity index (χ4v) is 3.24. The molecule has 2 aromatic carbocycles. The van der Waals surface area contributed by atoms with E-state index in [0.717, 1.165) is 39.3 Å². The van der Waals surface area contributed by atoms with Crippen molar-refractivity contribution in [2.24, 2.45) is 5.84 Å². The van der Waals surface area contributed by atoms with Crippen LogP contribution in [0.2, 0.25) is 0 Å². The van der Waals surface area contributed by atoms with E-state index < -0.39 is 0 Å². The van der Waals surface area contributed by atoms with Gasteiger partial charge in [-0.2, -0.15) is 4.98 Å². The maximum Gasteiger partial charge on any atom is 0.224 e. The number of hydrogen-bond acceptors (Lipinski definition) is 6. The van der Waals surface area contributed by atoms with Gasteiger partial charge >= 0.3 is 0 Å². The number of hydrogen-bond donors (Lipinski definition) is 1. The number of rotatable bonds is 7. The topological polar surface area (TPSA) is 69.8 Å². The molecule has 29 heavy (non-hydrogen) atoms. The highest BCUT2D eigenvalue weighted by Crippen LogP contribution is 2.35. The Kier molecular flexibility index (Phi) is 6.24. The molecule has 0 atom stereocenters. The summed E-state index contributed by atoms with van der Waals surface area (Å²) >= 11 is 0. The van der Waals surface area contributed by atoms with Gasteiger partial charge in [0.2, 0.25) is 11.8 Å². The second kappa shape index (κ2) is 8.84. The maximum atomic E-state index is 6.13. The van der Waals surface area contributed by atoms with E-state index in [1.807, 2.05) is 56.4 Å². The molecule has 6 nitrogen and oxygen atoms in total. The van der Waals surface area contributed by atoms with Crippen molar-refractivity contribution in [3.05, 3.63) is 65.2 Å². The molecular weight excluding hydrogens is 366 g/mol. The quantitative estimate of drug-likeness (QED) is 0.477. The van der Waals surface area contributed by atoms with Gasteiger partial charge in [0, 0.05) is 24.2 Å². The standard InChI is InChI=1S/C23H27N3O3/c1-15-7-6-8-21(26(3)24)20(15)14-29-17-10-9-16(2)19(13-17)18-11-12-22(27-4)25-23(18)28-5/h6-13H,14,24H2,1-5H3. The van der Waals surface area contributed by atoms with Crippen LogP contribution in [-0.4, -0.2) is 26.3 Å². The van der Waals surface area contributed by atoms with Crippen molar-refractivity contribution in [1.82, 2.24) is 4.98 Å². The van der Waals surface area contributed by atoms with Gasteiger partial charge in [0.1, 0.15) is 12.4 Å². The van der Waals surface area contributed by atoms with Crippen LogP contribution >= 0.6 is 0 Å². The van der Waals surface area contributed by atoms with Crippen molar-refractivity contribution in [2.75, 3.05) is 26.3 Å². The maximum absolute atomic E-state index is 6.13. The molecule has 2 N–H and O–H groups in total. The van der Waals surface area contributed by atoms with Crippen LogP contribution in [0.5, 0.6) is 17.5 Å². The van der Waals surface area contributed by atoms with Crippen LogP contribution < -0.4 is 25.1 Å². The zero-order valence-electron chi connectivity index (χ0n) is 17.5. The molecule has 0 bridgehead atoms. The second-order valence-corrected chi connectivity index (χ2v) is 6.86. The molecule has 6 heteroatoms. The smallest absolute Gasteiger partial charge is 0.224 e. The third kappa shape index (κ3) is 4.43. The number of nitrogens with two attached hydrogens (primary N) is 1. The number of methoxy groups -OCH3 is 2. The molecule has 0 aliphatic carbocycles. The van der Waals surface area contributed by atoms with Gasteiger partial charge in [0.25, 0.3) is 0 Å². The van der Waals surface area contributed by atoms with Crippen molar-refractivity contribution in [3.8, 4) is 28.6 Å². The summed E-state index contributed by atoms with van der Waals surface area (Å²) < 4.78 is 16.8. The predicted octanol–water partition coefficient (Wildman–Crippen LogP) is 4.27. The highest BCUT2D eigenvalue weighted by Gasteiger charge is 2.14. The Morgan fingerprint density at radius 2 is 1.72 bits per heavy atom.